The van der Waals surface area contributed by atoms with Gasteiger partial charge in [0.1, 0.15) is 6.04 Å². The Hall–Kier alpha value is -3.44. The molecule has 10 nitrogen and oxygen atoms in total. The number of nitrogens with one attached hydrogen (secondary N) is 2. The summed E-state index contributed by atoms with van der Waals surface area (Å²) in [5, 5.41) is 16.3. The first-order chi connectivity index (χ1) is 18.7. The molecule has 0 fully saturated rings. The summed E-state index contributed by atoms with van der Waals surface area (Å²) in [4.78, 5) is 37.8. The Morgan fingerprint density at radius 1 is 0.975 bits per heavy atom. The molecule has 0 spiro atoms. The van der Waals surface area contributed by atoms with Crippen molar-refractivity contribution in [3.05, 3.63) is 65.7 Å². The molecule has 0 heterocycles. The van der Waals surface area contributed by atoms with Crippen LogP contribution in [0.15, 0.2) is 54.6 Å². The lowest BCUT2D eigenvalue weighted by Crippen LogP contribution is -2.49. The van der Waals surface area contributed by atoms with Crippen molar-refractivity contribution >= 4 is 33.5 Å². The number of aliphatic hydroxyl groups excluding tert-OH is 1. The van der Waals surface area contributed by atoms with Crippen molar-refractivity contribution in [1.82, 2.24) is 10.6 Å². The molecule has 0 aliphatic rings. The third-order valence-electron chi connectivity index (χ3n) is 6.42. The Morgan fingerprint density at radius 3 is 2.20 bits per heavy atom. The predicted molar refractivity (Wildman–Crippen MR) is 154 cm³/mol. The van der Waals surface area contributed by atoms with Crippen LogP contribution >= 0.6 is 0 Å². The number of methoxy groups -OCH3 is 1. The van der Waals surface area contributed by atoms with Gasteiger partial charge in [-0.05, 0) is 42.0 Å². The first-order valence-electron chi connectivity index (χ1n) is 13.2. The molecule has 0 bridgehead atoms. The van der Waals surface area contributed by atoms with Crippen molar-refractivity contribution in [3.63, 3.8) is 0 Å². The lowest BCUT2D eigenvalue weighted by Gasteiger charge is -2.27. The summed E-state index contributed by atoms with van der Waals surface area (Å²) in [6.07, 6.45) is -1.18. The number of rotatable bonds is 14. The maximum absolute atomic E-state index is 13.2. The van der Waals surface area contributed by atoms with Crippen LogP contribution in [0.5, 0.6) is 0 Å². The van der Waals surface area contributed by atoms with Crippen LogP contribution in [0.25, 0.3) is 0 Å². The maximum Gasteiger partial charge on any atom is 0.328 e. The summed E-state index contributed by atoms with van der Waals surface area (Å²) in [7, 11) is -1.05. The van der Waals surface area contributed by atoms with E-state index >= 15 is 0 Å². The number of carbonyl (C=O) groups is 3. The van der Waals surface area contributed by atoms with Gasteiger partial charge in [0, 0.05) is 12.6 Å². The molecule has 40 heavy (non-hydrogen) atoms. The van der Waals surface area contributed by atoms with Crippen LogP contribution in [-0.4, -0.2) is 63.7 Å². The quantitative estimate of drug-likeness (QED) is 0.294. The fourth-order valence-electron chi connectivity index (χ4n) is 4.15. The van der Waals surface area contributed by atoms with E-state index < -0.39 is 46.0 Å². The van der Waals surface area contributed by atoms with E-state index in [1.54, 1.807) is 56.3 Å². The van der Waals surface area contributed by atoms with Gasteiger partial charge in [0.25, 0.3) is 5.91 Å². The highest BCUT2D eigenvalue weighted by atomic mass is 32.2. The smallest absolute Gasteiger partial charge is 0.328 e. The van der Waals surface area contributed by atoms with Crippen LogP contribution in [0.3, 0.4) is 0 Å². The number of esters is 1. The normalized spacial score (nSPS) is 13.8. The molecular formula is C29H41N3O7S. The van der Waals surface area contributed by atoms with Crippen molar-refractivity contribution in [2.24, 2.45) is 11.8 Å². The van der Waals surface area contributed by atoms with Crippen molar-refractivity contribution in [3.8, 4) is 0 Å². The number of carbonyl (C=O) groups excluding carboxylic acids is 3. The minimum atomic E-state index is -3.71. The number of anilines is 1. The lowest BCUT2D eigenvalue weighted by atomic mass is 9.96. The van der Waals surface area contributed by atoms with E-state index in [9.17, 15) is 27.9 Å². The maximum atomic E-state index is 13.2. The second-order valence-electron chi connectivity index (χ2n) is 10.6. The van der Waals surface area contributed by atoms with Gasteiger partial charge in [-0.25, -0.2) is 13.2 Å². The van der Waals surface area contributed by atoms with E-state index in [0.717, 1.165) is 4.31 Å². The van der Waals surface area contributed by atoms with Gasteiger partial charge in [-0.15, -0.1) is 0 Å². The fourth-order valence-corrected chi connectivity index (χ4v) is 5.39. The number of aliphatic hydroxyl groups is 1. The zero-order chi connectivity index (χ0) is 30.0. The molecule has 0 aliphatic heterocycles. The molecule has 2 aromatic carbocycles. The summed E-state index contributed by atoms with van der Waals surface area (Å²) in [6, 6.07) is 13.4. The SMILES string of the molecule is COC(=O)[C@@H](NC(=O)C[C@H](O)[C@H](CC(C)C)NC(=O)c1cccc(N(C)S(=O)(=O)Cc2ccccc2)c1)C(C)C. The molecule has 0 aliphatic carbocycles. The van der Waals surface area contributed by atoms with Gasteiger partial charge in [-0.1, -0.05) is 64.1 Å². The molecule has 2 amide bonds. The first kappa shape index (κ1) is 32.8. The van der Waals surface area contributed by atoms with Gasteiger partial charge in [0.15, 0.2) is 0 Å². The average Bonchev–Trinajstić information content (AvgIpc) is 2.90. The molecule has 3 atom stereocenters. The van der Waals surface area contributed by atoms with Gasteiger partial charge in [0.2, 0.25) is 15.9 Å². The highest BCUT2D eigenvalue weighted by molar-refractivity contribution is 7.92. The predicted octanol–water partition coefficient (Wildman–Crippen LogP) is 2.86. The van der Waals surface area contributed by atoms with Gasteiger partial charge in [-0.2, -0.15) is 0 Å². The molecule has 220 valence electrons. The number of hydrogen-bond donors (Lipinski definition) is 3. The van der Waals surface area contributed by atoms with Crippen LogP contribution in [0.1, 0.15) is 56.5 Å². The van der Waals surface area contributed by atoms with Crippen LogP contribution < -0.4 is 14.9 Å². The Kier molecular flexibility index (Phi) is 12.1. The highest BCUT2D eigenvalue weighted by Gasteiger charge is 2.29. The van der Waals surface area contributed by atoms with E-state index in [1.165, 1.54) is 20.2 Å². The topological polar surface area (TPSA) is 142 Å². The van der Waals surface area contributed by atoms with Gasteiger partial charge in [-0.3, -0.25) is 13.9 Å². The minimum absolute atomic E-state index is 0.0853. The van der Waals surface area contributed by atoms with Crippen LogP contribution in [0, 0.1) is 11.8 Å². The Balaban J connectivity index is 2.15. The van der Waals surface area contributed by atoms with Crippen LogP contribution in [-0.2, 0) is 30.1 Å². The molecule has 3 N–H and O–H groups in total. The van der Waals surface area contributed by atoms with E-state index in [-0.39, 0.29) is 29.6 Å². The molecule has 2 rings (SSSR count). The van der Waals surface area contributed by atoms with Gasteiger partial charge < -0.3 is 20.5 Å². The molecule has 11 heteroatoms. The Bertz CT molecular complexity index is 1250. The van der Waals surface area contributed by atoms with E-state index in [0.29, 0.717) is 17.7 Å². The first-order valence-corrected chi connectivity index (χ1v) is 14.8. The van der Waals surface area contributed by atoms with Crippen molar-refractivity contribution in [2.45, 2.75) is 64.5 Å². The fraction of sp³-hybridized carbons (Fsp3) is 0.483. The highest BCUT2D eigenvalue weighted by Crippen LogP contribution is 2.21. The number of hydrogen-bond acceptors (Lipinski definition) is 7. The summed E-state index contributed by atoms with van der Waals surface area (Å²) in [5.41, 5.74) is 1.16. The lowest BCUT2D eigenvalue weighted by molar-refractivity contribution is -0.146. The summed E-state index contributed by atoms with van der Waals surface area (Å²) >= 11 is 0. The second kappa shape index (κ2) is 14.8. The number of amides is 2. The third kappa shape index (κ3) is 9.63. The van der Waals surface area contributed by atoms with Crippen molar-refractivity contribution in [1.29, 1.82) is 0 Å². The third-order valence-corrected chi connectivity index (χ3v) is 8.16. The summed E-state index contributed by atoms with van der Waals surface area (Å²) < 4.78 is 31.8. The summed E-state index contributed by atoms with van der Waals surface area (Å²) in [6.45, 7) is 7.37. The van der Waals surface area contributed by atoms with E-state index in [2.05, 4.69) is 10.6 Å². The largest absolute Gasteiger partial charge is 0.467 e. The van der Waals surface area contributed by atoms with Crippen LogP contribution in [0.2, 0.25) is 0 Å². The minimum Gasteiger partial charge on any atom is -0.467 e. The zero-order valence-electron chi connectivity index (χ0n) is 24.0. The zero-order valence-corrected chi connectivity index (χ0v) is 24.8. The number of benzene rings is 2. The number of ether oxygens (including phenoxy) is 1. The van der Waals surface area contributed by atoms with E-state index in [4.69, 9.17) is 4.74 Å². The number of sulfonamides is 1. The number of nitrogens with zero attached hydrogens (tertiary/aromatic N) is 1. The van der Waals surface area contributed by atoms with Gasteiger partial charge >= 0.3 is 5.97 Å². The molecule has 0 radical (unpaired) electrons. The van der Waals surface area contributed by atoms with Crippen molar-refractivity contribution in [2.75, 3.05) is 18.5 Å². The monoisotopic (exact) mass is 575 g/mol. The molecular weight excluding hydrogens is 534 g/mol. The molecule has 0 unspecified atom stereocenters. The van der Waals surface area contributed by atoms with Crippen LogP contribution in [0.4, 0.5) is 5.69 Å². The molecule has 2 aromatic rings. The molecule has 0 saturated heterocycles. The second-order valence-corrected chi connectivity index (χ2v) is 12.6. The molecule has 0 aromatic heterocycles. The van der Waals surface area contributed by atoms with Crippen molar-refractivity contribution < 1.29 is 32.6 Å². The Labute approximate surface area is 237 Å². The Morgan fingerprint density at radius 2 is 1.62 bits per heavy atom. The standard InChI is InChI=1S/C29H41N3O7S/c1-19(2)15-24(25(33)17-26(34)31-27(20(3)4)29(36)39-6)30-28(35)22-13-10-14-23(16-22)32(5)40(37,38)18-21-11-8-7-9-12-21/h7-14,16,19-20,24-25,27,33H,15,17-18H2,1-6H3,(H,30,35)(H,31,34)/t24-,25-,27-/m0/s1. The van der Waals surface area contributed by atoms with Gasteiger partial charge in [0.05, 0.1) is 37.1 Å². The van der Waals surface area contributed by atoms with E-state index in [1.807, 2.05) is 19.9 Å². The average molecular weight is 576 g/mol. The summed E-state index contributed by atoms with van der Waals surface area (Å²) in [5.74, 6) is -1.98. The molecule has 0 saturated carbocycles.